The van der Waals surface area contributed by atoms with Crippen molar-refractivity contribution >= 4 is 28.3 Å². The second kappa shape index (κ2) is 4.61. The Morgan fingerprint density at radius 2 is 2.27 bits per heavy atom. The highest BCUT2D eigenvalue weighted by molar-refractivity contribution is 14.1. The molecule has 0 aliphatic rings. The van der Waals surface area contributed by atoms with Crippen LogP contribution in [0.4, 0.5) is 5.69 Å². The van der Waals surface area contributed by atoms with Crippen molar-refractivity contribution in [1.82, 2.24) is 10.2 Å². The first-order valence-electron chi connectivity index (χ1n) is 4.52. The number of nitrogens with zero attached hydrogens (tertiary/aromatic N) is 2. The van der Waals surface area contributed by atoms with Crippen LogP contribution >= 0.6 is 22.6 Å². The molecule has 0 saturated carbocycles. The Morgan fingerprint density at radius 1 is 1.40 bits per heavy atom. The number of aryl methyl sites for hydroxylation is 1. The van der Waals surface area contributed by atoms with Gasteiger partial charge in [0.25, 0.3) is 0 Å². The van der Waals surface area contributed by atoms with E-state index in [9.17, 15) is 0 Å². The summed E-state index contributed by atoms with van der Waals surface area (Å²) in [6.45, 7) is 2.34. The largest absolute Gasteiger partial charge is 0.424 e. The maximum absolute atomic E-state index is 5.25. The normalized spacial score (nSPS) is 10.3. The minimum Gasteiger partial charge on any atom is -0.424 e. The predicted molar refractivity (Wildman–Crippen MR) is 65.5 cm³/mol. The lowest BCUT2D eigenvalue weighted by atomic mass is 10.3. The molecule has 0 bridgehead atoms. The van der Waals surface area contributed by atoms with Gasteiger partial charge in [-0.3, -0.25) is 0 Å². The number of hydrogen-bond acceptors (Lipinski definition) is 4. The Labute approximate surface area is 101 Å². The van der Waals surface area contributed by atoms with Gasteiger partial charge in [0.1, 0.15) is 0 Å². The van der Waals surface area contributed by atoms with E-state index in [1.54, 1.807) is 6.92 Å². The summed E-state index contributed by atoms with van der Waals surface area (Å²) in [5.41, 5.74) is 1.05. The van der Waals surface area contributed by atoms with Gasteiger partial charge >= 0.3 is 0 Å². The van der Waals surface area contributed by atoms with Crippen LogP contribution in [0.25, 0.3) is 0 Å². The van der Waals surface area contributed by atoms with Crippen molar-refractivity contribution in [2.75, 3.05) is 5.32 Å². The van der Waals surface area contributed by atoms with Crippen LogP contribution in [-0.4, -0.2) is 10.2 Å². The third-order valence-electron chi connectivity index (χ3n) is 1.84. The third kappa shape index (κ3) is 2.92. The Bertz CT molecular complexity index is 455. The van der Waals surface area contributed by atoms with Crippen LogP contribution in [0, 0.1) is 10.5 Å². The fourth-order valence-corrected chi connectivity index (χ4v) is 1.73. The molecule has 0 spiro atoms. The molecule has 0 aliphatic carbocycles. The Kier molecular flexibility index (Phi) is 3.20. The molecule has 0 amide bonds. The summed E-state index contributed by atoms with van der Waals surface area (Å²) in [5.74, 6) is 1.20. The zero-order valence-electron chi connectivity index (χ0n) is 8.20. The summed E-state index contributed by atoms with van der Waals surface area (Å²) >= 11 is 2.27. The van der Waals surface area contributed by atoms with Gasteiger partial charge < -0.3 is 9.73 Å². The van der Waals surface area contributed by atoms with Gasteiger partial charge in [-0.2, -0.15) is 0 Å². The van der Waals surface area contributed by atoms with E-state index < -0.39 is 0 Å². The molecular formula is C10H10IN3O. The van der Waals surface area contributed by atoms with E-state index in [1.165, 1.54) is 3.57 Å². The molecule has 5 heteroatoms. The molecule has 4 nitrogen and oxygen atoms in total. The number of benzene rings is 1. The monoisotopic (exact) mass is 315 g/mol. The molecule has 0 radical (unpaired) electrons. The topological polar surface area (TPSA) is 51.0 Å². The molecule has 1 aromatic carbocycles. The first-order chi connectivity index (χ1) is 7.24. The average molecular weight is 315 g/mol. The van der Waals surface area contributed by atoms with Gasteiger partial charge in [0, 0.05) is 16.2 Å². The van der Waals surface area contributed by atoms with E-state index in [0.29, 0.717) is 18.3 Å². The fraction of sp³-hybridized carbons (Fsp3) is 0.200. The summed E-state index contributed by atoms with van der Waals surface area (Å²) < 4.78 is 6.44. The van der Waals surface area contributed by atoms with Crippen LogP contribution in [-0.2, 0) is 6.54 Å². The van der Waals surface area contributed by atoms with Gasteiger partial charge in [-0.1, -0.05) is 6.07 Å². The van der Waals surface area contributed by atoms with Crippen LogP contribution in [0.15, 0.2) is 28.7 Å². The van der Waals surface area contributed by atoms with Crippen LogP contribution in [0.5, 0.6) is 0 Å². The lowest BCUT2D eigenvalue weighted by Gasteiger charge is -2.02. The van der Waals surface area contributed by atoms with Gasteiger partial charge in [0.15, 0.2) is 0 Å². The van der Waals surface area contributed by atoms with Crippen molar-refractivity contribution in [3.63, 3.8) is 0 Å². The number of halogens is 1. The standard InChI is InChI=1S/C10H10IN3O/c1-7-13-14-10(15-7)6-12-9-4-2-3-8(11)5-9/h2-5,12H,6H2,1H3. The van der Waals surface area contributed by atoms with Crippen molar-refractivity contribution in [3.05, 3.63) is 39.6 Å². The van der Waals surface area contributed by atoms with Crippen LogP contribution in [0.2, 0.25) is 0 Å². The number of nitrogens with one attached hydrogen (secondary N) is 1. The lowest BCUT2D eigenvalue weighted by molar-refractivity contribution is 0.475. The van der Waals surface area contributed by atoms with Crippen molar-refractivity contribution in [3.8, 4) is 0 Å². The second-order valence-electron chi connectivity index (χ2n) is 3.08. The maximum Gasteiger partial charge on any atom is 0.235 e. The SMILES string of the molecule is Cc1nnc(CNc2cccc(I)c2)o1. The van der Waals surface area contributed by atoms with Gasteiger partial charge in [0.05, 0.1) is 6.54 Å². The number of aromatic nitrogens is 2. The zero-order valence-corrected chi connectivity index (χ0v) is 10.4. The van der Waals surface area contributed by atoms with Gasteiger partial charge in [-0.25, -0.2) is 0 Å². The number of rotatable bonds is 3. The highest BCUT2D eigenvalue weighted by atomic mass is 127. The molecule has 1 heterocycles. The molecule has 0 aliphatic heterocycles. The van der Waals surface area contributed by atoms with Crippen molar-refractivity contribution < 1.29 is 4.42 Å². The highest BCUT2D eigenvalue weighted by Crippen LogP contribution is 2.13. The molecule has 0 fully saturated rings. The quantitative estimate of drug-likeness (QED) is 0.885. The smallest absolute Gasteiger partial charge is 0.235 e. The van der Waals surface area contributed by atoms with Crippen LogP contribution in [0.3, 0.4) is 0 Å². The molecule has 0 unspecified atom stereocenters. The predicted octanol–water partition coefficient (Wildman–Crippen LogP) is 2.59. The van der Waals surface area contributed by atoms with Crippen molar-refractivity contribution in [1.29, 1.82) is 0 Å². The van der Waals surface area contributed by atoms with E-state index in [0.717, 1.165) is 5.69 Å². The first-order valence-corrected chi connectivity index (χ1v) is 5.60. The first kappa shape index (κ1) is 10.4. The molecular weight excluding hydrogens is 305 g/mol. The van der Waals surface area contributed by atoms with E-state index >= 15 is 0 Å². The fourth-order valence-electron chi connectivity index (χ4n) is 1.19. The molecule has 15 heavy (non-hydrogen) atoms. The van der Waals surface area contributed by atoms with Crippen molar-refractivity contribution in [2.24, 2.45) is 0 Å². The zero-order chi connectivity index (χ0) is 10.7. The minimum absolute atomic E-state index is 0.556. The molecule has 1 aromatic heterocycles. The highest BCUT2D eigenvalue weighted by Gasteiger charge is 2.01. The van der Waals surface area contributed by atoms with E-state index in [-0.39, 0.29) is 0 Å². The molecule has 1 N–H and O–H groups in total. The van der Waals surface area contributed by atoms with Gasteiger partial charge in [-0.15, -0.1) is 10.2 Å². The molecule has 78 valence electrons. The minimum atomic E-state index is 0.556. The summed E-state index contributed by atoms with van der Waals surface area (Å²) in [5, 5.41) is 10.9. The van der Waals surface area contributed by atoms with Crippen molar-refractivity contribution in [2.45, 2.75) is 13.5 Å². The average Bonchev–Trinajstić information content (AvgIpc) is 2.62. The molecule has 0 saturated heterocycles. The maximum atomic E-state index is 5.25. The van der Waals surface area contributed by atoms with E-state index in [1.807, 2.05) is 18.2 Å². The Hall–Kier alpha value is -1.11. The summed E-state index contributed by atoms with van der Waals surface area (Å²) in [6, 6.07) is 8.11. The molecule has 2 aromatic rings. The van der Waals surface area contributed by atoms with Gasteiger partial charge in [-0.05, 0) is 40.8 Å². The number of anilines is 1. The van der Waals surface area contributed by atoms with Gasteiger partial charge in [0.2, 0.25) is 11.8 Å². The third-order valence-corrected chi connectivity index (χ3v) is 2.51. The number of hydrogen-bond donors (Lipinski definition) is 1. The lowest BCUT2D eigenvalue weighted by Crippen LogP contribution is -1.99. The van der Waals surface area contributed by atoms with Crippen LogP contribution < -0.4 is 5.32 Å². The van der Waals surface area contributed by atoms with Crippen LogP contribution in [0.1, 0.15) is 11.8 Å². The summed E-state index contributed by atoms with van der Waals surface area (Å²) in [4.78, 5) is 0. The van der Waals surface area contributed by atoms with E-state index in [2.05, 4.69) is 44.2 Å². The van der Waals surface area contributed by atoms with E-state index in [4.69, 9.17) is 4.42 Å². The Balaban J connectivity index is 1.99. The second-order valence-corrected chi connectivity index (χ2v) is 4.32. The Morgan fingerprint density at radius 3 is 2.93 bits per heavy atom. The molecule has 2 rings (SSSR count). The molecule has 0 atom stereocenters. The summed E-state index contributed by atoms with van der Waals surface area (Å²) in [7, 11) is 0. The summed E-state index contributed by atoms with van der Waals surface area (Å²) in [6.07, 6.45) is 0.